The summed E-state index contributed by atoms with van der Waals surface area (Å²) < 4.78 is 0. The van der Waals surface area contributed by atoms with Crippen molar-refractivity contribution in [2.75, 3.05) is 20.1 Å². The van der Waals surface area contributed by atoms with Gasteiger partial charge >= 0.3 is 5.69 Å². The van der Waals surface area contributed by atoms with Crippen LogP contribution in [0.1, 0.15) is 35.8 Å². The molecule has 2 aliphatic heterocycles. The number of aromatic amines is 1. The second-order valence-corrected chi connectivity index (χ2v) is 5.02. The smallest absolute Gasteiger partial charge is 0.309 e. The van der Waals surface area contributed by atoms with Gasteiger partial charge in [0.05, 0.1) is 11.7 Å². The maximum absolute atomic E-state index is 11.6. The van der Waals surface area contributed by atoms with E-state index < -0.39 is 0 Å². The number of hydrogen-bond acceptors (Lipinski definition) is 4. The third-order valence-corrected chi connectivity index (χ3v) is 3.72. The first kappa shape index (κ1) is 10.9. The zero-order chi connectivity index (χ0) is 11.8. The summed E-state index contributed by atoms with van der Waals surface area (Å²) >= 11 is 0. The number of rotatable bonds is 1. The number of aromatic nitrogens is 2. The van der Waals surface area contributed by atoms with Crippen molar-refractivity contribution < 1.29 is 0 Å². The molecular weight excluding hydrogens is 216 g/mol. The summed E-state index contributed by atoms with van der Waals surface area (Å²) in [6.45, 7) is 2.93. The molecule has 5 nitrogen and oxygen atoms in total. The molecule has 3 rings (SSSR count). The Morgan fingerprint density at radius 1 is 1.47 bits per heavy atom. The summed E-state index contributed by atoms with van der Waals surface area (Å²) in [6, 6.07) is 0.276. The summed E-state index contributed by atoms with van der Waals surface area (Å²) in [5.41, 5.74) is 3.11. The maximum atomic E-state index is 11.6. The predicted molar refractivity (Wildman–Crippen MR) is 64.9 cm³/mol. The highest BCUT2D eigenvalue weighted by Gasteiger charge is 2.25. The molecule has 17 heavy (non-hydrogen) atoms. The van der Waals surface area contributed by atoms with Crippen LogP contribution in [0, 0.1) is 0 Å². The van der Waals surface area contributed by atoms with Crippen molar-refractivity contribution in [2.45, 2.75) is 31.8 Å². The normalized spacial score (nSPS) is 24.9. The lowest BCUT2D eigenvalue weighted by atomic mass is 9.99. The first-order valence-corrected chi connectivity index (χ1v) is 6.28. The molecule has 0 amide bonds. The second-order valence-electron chi connectivity index (χ2n) is 5.02. The summed E-state index contributed by atoms with van der Waals surface area (Å²) in [4.78, 5) is 21.0. The van der Waals surface area contributed by atoms with Crippen molar-refractivity contribution in [1.29, 1.82) is 0 Å². The molecule has 2 N–H and O–H groups in total. The van der Waals surface area contributed by atoms with Crippen molar-refractivity contribution in [3.63, 3.8) is 0 Å². The minimum atomic E-state index is -0.197. The summed E-state index contributed by atoms with van der Waals surface area (Å²) in [6.07, 6.45) is 3.18. The molecule has 92 valence electrons. The number of nitrogens with one attached hydrogen (secondary N) is 2. The van der Waals surface area contributed by atoms with Crippen LogP contribution in [0.5, 0.6) is 0 Å². The van der Waals surface area contributed by atoms with E-state index in [9.17, 15) is 4.79 Å². The van der Waals surface area contributed by atoms with Crippen LogP contribution < -0.4 is 11.0 Å². The van der Waals surface area contributed by atoms with Gasteiger partial charge in [0, 0.05) is 30.8 Å². The fourth-order valence-corrected chi connectivity index (χ4v) is 2.81. The number of nitrogens with zero attached hydrogens (tertiary/aromatic N) is 2. The van der Waals surface area contributed by atoms with E-state index in [0.717, 1.165) is 43.9 Å². The van der Waals surface area contributed by atoms with Gasteiger partial charge in [0.1, 0.15) is 0 Å². The Kier molecular flexibility index (Phi) is 2.72. The second kappa shape index (κ2) is 4.23. The van der Waals surface area contributed by atoms with Crippen molar-refractivity contribution >= 4 is 0 Å². The zero-order valence-corrected chi connectivity index (χ0v) is 10.1. The van der Waals surface area contributed by atoms with Crippen LogP contribution in [0.15, 0.2) is 4.79 Å². The topological polar surface area (TPSA) is 61.0 Å². The molecule has 5 heteroatoms. The van der Waals surface area contributed by atoms with Crippen LogP contribution in [-0.2, 0) is 13.0 Å². The maximum Gasteiger partial charge on any atom is 0.345 e. The van der Waals surface area contributed by atoms with Crippen LogP contribution in [0.3, 0.4) is 0 Å². The van der Waals surface area contributed by atoms with Gasteiger partial charge in [-0.05, 0) is 26.4 Å². The van der Waals surface area contributed by atoms with Gasteiger partial charge in [-0.1, -0.05) is 0 Å². The lowest BCUT2D eigenvalue weighted by Crippen LogP contribution is -2.33. The molecule has 0 bridgehead atoms. The highest BCUT2D eigenvalue weighted by Crippen LogP contribution is 2.27. The predicted octanol–water partition coefficient (Wildman–Crippen LogP) is 0.182. The Hall–Kier alpha value is -1.20. The van der Waals surface area contributed by atoms with Gasteiger partial charge < -0.3 is 15.2 Å². The summed E-state index contributed by atoms with van der Waals surface area (Å²) in [5, 5.41) is 3.43. The average molecular weight is 234 g/mol. The average Bonchev–Trinajstić information content (AvgIpc) is 2.82. The fraction of sp³-hybridized carbons (Fsp3) is 0.667. The zero-order valence-electron chi connectivity index (χ0n) is 10.1. The lowest BCUT2D eigenvalue weighted by molar-refractivity contribution is 0.305. The quantitative estimate of drug-likeness (QED) is 0.728. The van der Waals surface area contributed by atoms with Crippen LogP contribution in [-0.4, -0.2) is 35.0 Å². The van der Waals surface area contributed by atoms with Gasteiger partial charge in [-0.25, -0.2) is 4.79 Å². The Labute approximate surface area is 100 Å². The third-order valence-electron chi connectivity index (χ3n) is 3.72. The van der Waals surface area contributed by atoms with E-state index in [2.05, 4.69) is 27.2 Å². The van der Waals surface area contributed by atoms with E-state index in [1.54, 1.807) is 0 Å². The highest BCUT2D eigenvalue weighted by atomic mass is 16.1. The Morgan fingerprint density at radius 2 is 2.35 bits per heavy atom. The summed E-state index contributed by atoms with van der Waals surface area (Å²) in [5.74, 6) is 0. The molecule has 0 aliphatic carbocycles. The van der Waals surface area contributed by atoms with Crippen LogP contribution >= 0.6 is 0 Å². The molecule has 2 aliphatic rings. The van der Waals surface area contributed by atoms with Crippen molar-refractivity contribution in [2.24, 2.45) is 0 Å². The van der Waals surface area contributed by atoms with E-state index in [0.29, 0.717) is 0 Å². The Bertz CT molecular complexity index is 476. The molecular formula is C12H18N4O. The molecule has 3 heterocycles. The largest absolute Gasteiger partial charge is 0.345 e. The molecule has 0 radical (unpaired) electrons. The fourth-order valence-electron chi connectivity index (χ4n) is 2.81. The molecule has 1 atom stereocenters. The lowest BCUT2D eigenvalue weighted by Gasteiger charge is -2.27. The molecule has 1 unspecified atom stereocenters. The minimum Gasteiger partial charge on any atom is -0.309 e. The number of hydrogen-bond donors (Lipinski definition) is 2. The van der Waals surface area contributed by atoms with Gasteiger partial charge in [0.15, 0.2) is 0 Å². The van der Waals surface area contributed by atoms with E-state index >= 15 is 0 Å². The van der Waals surface area contributed by atoms with E-state index in [1.165, 1.54) is 12.0 Å². The molecule has 1 aromatic rings. The van der Waals surface area contributed by atoms with Gasteiger partial charge in [0.2, 0.25) is 0 Å². The monoisotopic (exact) mass is 234 g/mol. The van der Waals surface area contributed by atoms with Gasteiger partial charge in [0.25, 0.3) is 0 Å². The van der Waals surface area contributed by atoms with Crippen LogP contribution in [0.2, 0.25) is 0 Å². The molecule has 1 fully saturated rings. The molecule has 1 aromatic heterocycles. The standard InChI is InChI=1S/C12H18N4O/c1-16-6-4-9-8(7-16)11(15-12(17)14-9)10-3-2-5-13-10/h10,13H,2-7H2,1H3,(H,14,15,17). The van der Waals surface area contributed by atoms with Crippen molar-refractivity contribution in [3.8, 4) is 0 Å². The van der Waals surface area contributed by atoms with Crippen LogP contribution in [0.4, 0.5) is 0 Å². The van der Waals surface area contributed by atoms with E-state index in [4.69, 9.17) is 0 Å². The highest BCUT2D eigenvalue weighted by molar-refractivity contribution is 5.29. The van der Waals surface area contributed by atoms with Crippen molar-refractivity contribution in [3.05, 3.63) is 27.4 Å². The number of likely N-dealkylation sites (N-methyl/N-ethyl adjacent to an activating group) is 1. The molecule has 0 saturated carbocycles. The Balaban J connectivity index is 2.06. The van der Waals surface area contributed by atoms with Crippen molar-refractivity contribution in [1.82, 2.24) is 20.2 Å². The third kappa shape index (κ3) is 2.00. The minimum absolute atomic E-state index is 0.197. The first-order chi connectivity index (χ1) is 8.24. The molecule has 0 aromatic carbocycles. The SMILES string of the molecule is CN1CCc2[nH]c(=O)nc(C3CCCN3)c2C1. The molecule has 0 spiro atoms. The van der Waals surface area contributed by atoms with Gasteiger partial charge in [-0.3, -0.25) is 0 Å². The molecule has 1 saturated heterocycles. The van der Waals surface area contributed by atoms with Gasteiger partial charge in [-0.2, -0.15) is 4.98 Å². The first-order valence-electron chi connectivity index (χ1n) is 6.28. The number of fused-ring (bicyclic) bond motifs is 1. The van der Waals surface area contributed by atoms with Crippen LogP contribution in [0.25, 0.3) is 0 Å². The summed E-state index contributed by atoms with van der Waals surface area (Å²) in [7, 11) is 2.11. The van der Waals surface area contributed by atoms with E-state index in [-0.39, 0.29) is 11.7 Å². The number of H-pyrrole nitrogens is 1. The van der Waals surface area contributed by atoms with E-state index in [1.807, 2.05) is 0 Å². The van der Waals surface area contributed by atoms with Gasteiger partial charge in [-0.15, -0.1) is 0 Å². The Morgan fingerprint density at radius 3 is 3.12 bits per heavy atom.